The average molecular weight is 307 g/mol. The Bertz CT molecular complexity index is 473. The topological polar surface area (TPSA) is 48.6 Å². The number of halogens is 1. The number of rotatable bonds is 3. The molecule has 2 N–H and O–H groups in total. The SMILES string of the molecule is CN1CCN(CC2CCN(c3c(N)cncc3F)CC2)CC1. The van der Waals surface area contributed by atoms with Gasteiger partial charge in [-0.15, -0.1) is 0 Å². The third-order valence-electron chi connectivity index (χ3n) is 4.94. The maximum absolute atomic E-state index is 13.9. The van der Waals surface area contributed by atoms with Gasteiger partial charge < -0.3 is 20.4 Å². The van der Waals surface area contributed by atoms with Crippen molar-refractivity contribution in [2.75, 3.05) is 63.5 Å². The lowest BCUT2D eigenvalue weighted by Gasteiger charge is -2.38. The summed E-state index contributed by atoms with van der Waals surface area (Å²) in [7, 11) is 2.18. The van der Waals surface area contributed by atoms with Crippen LogP contribution in [-0.2, 0) is 0 Å². The molecule has 2 fully saturated rings. The molecule has 0 amide bonds. The molecule has 0 saturated carbocycles. The van der Waals surface area contributed by atoms with E-state index in [2.05, 4.69) is 26.7 Å². The van der Waals surface area contributed by atoms with Crippen molar-refractivity contribution >= 4 is 11.4 Å². The highest BCUT2D eigenvalue weighted by Crippen LogP contribution is 2.30. The van der Waals surface area contributed by atoms with Gasteiger partial charge in [-0.3, -0.25) is 4.98 Å². The summed E-state index contributed by atoms with van der Waals surface area (Å²) in [6.45, 7) is 7.60. The predicted molar refractivity (Wildman–Crippen MR) is 87.5 cm³/mol. The molecule has 3 heterocycles. The van der Waals surface area contributed by atoms with Gasteiger partial charge in [0, 0.05) is 45.8 Å². The number of hydrogen-bond donors (Lipinski definition) is 1. The van der Waals surface area contributed by atoms with Gasteiger partial charge in [0.05, 0.1) is 23.8 Å². The van der Waals surface area contributed by atoms with Crippen molar-refractivity contribution in [2.24, 2.45) is 5.92 Å². The molecule has 6 heteroatoms. The Balaban J connectivity index is 1.52. The zero-order valence-corrected chi connectivity index (χ0v) is 13.3. The Hall–Kier alpha value is -1.40. The summed E-state index contributed by atoms with van der Waals surface area (Å²) in [5.41, 5.74) is 6.87. The van der Waals surface area contributed by atoms with E-state index < -0.39 is 0 Å². The first-order valence-corrected chi connectivity index (χ1v) is 8.18. The number of aromatic nitrogens is 1. The first-order valence-electron chi connectivity index (χ1n) is 8.18. The number of hydrogen-bond acceptors (Lipinski definition) is 5. The minimum absolute atomic E-state index is 0.308. The minimum atomic E-state index is -0.308. The summed E-state index contributed by atoms with van der Waals surface area (Å²) in [5, 5.41) is 0. The number of piperidine rings is 1. The summed E-state index contributed by atoms with van der Waals surface area (Å²) in [6, 6.07) is 0. The van der Waals surface area contributed by atoms with Crippen LogP contribution in [0.15, 0.2) is 12.4 Å². The molecule has 5 nitrogen and oxygen atoms in total. The van der Waals surface area contributed by atoms with E-state index in [1.54, 1.807) is 0 Å². The van der Waals surface area contributed by atoms with Crippen molar-refractivity contribution in [1.29, 1.82) is 0 Å². The molecule has 122 valence electrons. The van der Waals surface area contributed by atoms with Crippen LogP contribution in [-0.4, -0.2) is 67.6 Å². The van der Waals surface area contributed by atoms with Crippen LogP contribution >= 0.6 is 0 Å². The monoisotopic (exact) mass is 307 g/mol. The van der Waals surface area contributed by atoms with Gasteiger partial charge >= 0.3 is 0 Å². The summed E-state index contributed by atoms with van der Waals surface area (Å²) < 4.78 is 13.9. The number of nitrogens with two attached hydrogens (primary N) is 1. The summed E-state index contributed by atoms with van der Waals surface area (Å²) >= 11 is 0. The first-order chi connectivity index (χ1) is 10.6. The third-order valence-corrected chi connectivity index (χ3v) is 4.94. The third kappa shape index (κ3) is 3.50. The molecule has 2 aliphatic rings. The van der Waals surface area contributed by atoms with Crippen LogP contribution < -0.4 is 10.6 Å². The molecular weight excluding hydrogens is 281 g/mol. The van der Waals surface area contributed by atoms with Crippen LogP contribution in [0.25, 0.3) is 0 Å². The van der Waals surface area contributed by atoms with E-state index >= 15 is 0 Å². The van der Waals surface area contributed by atoms with Crippen molar-refractivity contribution in [2.45, 2.75) is 12.8 Å². The molecule has 3 rings (SSSR count). The standard InChI is InChI=1S/C16H26FN5/c1-20-6-8-21(9-7-20)12-13-2-4-22(5-3-13)16-14(17)10-19-11-15(16)18/h10-11,13H,2-9,12,18H2,1H3. The second-order valence-electron chi connectivity index (χ2n) is 6.59. The second kappa shape index (κ2) is 6.79. The first kappa shape index (κ1) is 15.5. The number of nitrogen functional groups attached to an aromatic ring is 1. The van der Waals surface area contributed by atoms with Crippen LogP contribution in [0.4, 0.5) is 15.8 Å². The van der Waals surface area contributed by atoms with Gasteiger partial charge in [-0.25, -0.2) is 4.39 Å². The van der Waals surface area contributed by atoms with Crippen LogP contribution in [0.3, 0.4) is 0 Å². The predicted octanol–water partition coefficient (Wildman–Crippen LogP) is 1.27. The molecule has 0 unspecified atom stereocenters. The lowest BCUT2D eigenvalue weighted by Crippen LogP contribution is -2.47. The molecule has 2 saturated heterocycles. The smallest absolute Gasteiger partial charge is 0.166 e. The van der Waals surface area contributed by atoms with Crippen molar-refractivity contribution < 1.29 is 4.39 Å². The van der Waals surface area contributed by atoms with Gasteiger partial charge in [-0.05, 0) is 25.8 Å². The number of anilines is 2. The van der Waals surface area contributed by atoms with E-state index in [0.29, 0.717) is 17.3 Å². The molecule has 1 aromatic heterocycles. The molecule has 0 atom stereocenters. The highest BCUT2D eigenvalue weighted by molar-refractivity contribution is 5.66. The Kier molecular flexibility index (Phi) is 4.78. The maximum Gasteiger partial charge on any atom is 0.166 e. The fourth-order valence-electron chi connectivity index (χ4n) is 3.51. The van der Waals surface area contributed by atoms with Gasteiger partial charge in [0.25, 0.3) is 0 Å². The molecule has 22 heavy (non-hydrogen) atoms. The zero-order valence-electron chi connectivity index (χ0n) is 13.3. The fourth-order valence-corrected chi connectivity index (χ4v) is 3.51. The molecule has 0 aromatic carbocycles. The van der Waals surface area contributed by atoms with E-state index in [-0.39, 0.29) is 5.82 Å². The summed E-state index contributed by atoms with van der Waals surface area (Å²) in [6.07, 6.45) is 5.00. The normalized spacial score (nSPS) is 22.2. The number of pyridine rings is 1. The van der Waals surface area contributed by atoms with Crippen LogP contribution in [0.1, 0.15) is 12.8 Å². The Labute approximate surface area is 131 Å². The van der Waals surface area contributed by atoms with Gasteiger partial charge in [0.15, 0.2) is 5.82 Å². The second-order valence-corrected chi connectivity index (χ2v) is 6.59. The molecular formula is C16H26FN5. The maximum atomic E-state index is 13.9. The fraction of sp³-hybridized carbons (Fsp3) is 0.688. The van der Waals surface area contributed by atoms with E-state index in [0.717, 1.165) is 39.0 Å². The molecule has 0 bridgehead atoms. The van der Waals surface area contributed by atoms with E-state index in [4.69, 9.17) is 5.73 Å². The van der Waals surface area contributed by atoms with E-state index in [1.165, 1.54) is 32.0 Å². The van der Waals surface area contributed by atoms with Crippen molar-refractivity contribution in [3.8, 4) is 0 Å². The van der Waals surface area contributed by atoms with Gasteiger partial charge in [0.2, 0.25) is 0 Å². The lowest BCUT2D eigenvalue weighted by molar-refractivity contribution is 0.129. The van der Waals surface area contributed by atoms with Gasteiger partial charge in [-0.1, -0.05) is 0 Å². The van der Waals surface area contributed by atoms with Crippen molar-refractivity contribution in [1.82, 2.24) is 14.8 Å². The lowest BCUT2D eigenvalue weighted by atomic mass is 9.95. The van der Waals surface area contributed by atoms with Crippen molar-refractivity contribution in [3.05, 3.63) is 18.2 Å². The Morgan fingerprint density at radius 2 is 1.82 bits per heavy atom. The van der Waals surface area contributed by atoms with Crippen LogP contribution in [0.5, 0.6) is 0 Å². The number of piperazine rings is 1. The largest absolute Gasteiger partial charge is 0.396 e. The highest BCUT2D eigenvalue weighted by atomic mass is 19.1. The Morgan fingerprint density at radius 1 is 1.14 bits per heavy atom. The summed E-state index contributed by atoms with van der Waals surface area (Å²) in [4.78, 5) is 10.8. The molecule has 0 spiro atoms. The quantitative estimate of drug-likeness (QED) is 0.911. The zero-order chi connectivity index (χ0) is 15.5. The van der Waals surface area contributed by atoms with Crippen molar-refractivity contribution in [3.63, 3.8) is 0 Å². The molecule has 0 radical (unpaired) electrons. The molecule has 1 aromatic rings. The average Bonchev–Trinajstić information content (AvgIpc) is 2.51. The highest BCUT2D eigenvalue weighted by Gasteiger charge is 2.25. The summed E-state index contributed by atoms with van der Waals surface area (Å²) in [5.74, 6) is 0.406. The van der Waals surface area contributed by atoms with Gasteiger partial charge in [0.1, 0.15) is 0 Å². The Morgan fingerprint density at radius 3 is 2.45 bits per heavy atom. The number of nitrogens with zero attached hydrogens (tertiary/aromatic N) is 4. The van der Waals surface area contributed by atoms with Gasteiger partial charge in [-0.2, -0.15) is 0 Å². The minimum Gasteiger partial charge on any atom is -0.396 e. The van der Waals surface area contributed by atoms with Crippen LogP contribution in [0, 0.1) is 11.7 Å². The van der Waals surface area contributed by atoms with E-state index in [9.17, 15) is 4.39 Å². The number of likely N-dealkylation sites (N-methyl/N-ethyl adjacent to an activating group) is 1. The molecule has 2 aliphatic heterocycles. The van der Waals surface area contributed by atoms with E-state index in [1.807, 2.05) is 0 Å². The van der Waals surface area contributed by atoms with Crippen LogP contribution in [0.2, 0.25) is 0 Å². The molecule has 0 aliphatic carbocycles.